The maximum Gasteiger partial charge on any atom is 0.143 e. The molecule has 3 N–H and O–H groups in total. The molecule has 1 unspecified atom stereocenters. The van der Waals surface area contributed by atoms with Gasteiger partial charge in [0.2, 0.25) is 0 Å². The lowest BCUT2D eigenvalue weighted by Crippen LogP contribution is -2.06. The van der Waals surface area contributed by atoms with E-state index < -0.39 is 6.10 Å². The summed E-state index contributed by atoms with van der Waals surface area (Å²) in [5, 5.41) is 9.99. The second kappa shape index (κ2) is 5.27. The summed E-state index contributed by atoms with van der Waals surface area (Å²) in [5.41, 5.74) is 8.70. The van der Waals surface area contributed by atoms with Gasteiger partial charge in [0.05, 0.1) is 16.7 Å². The van der Waals surface area contributed by atoms with Crippen molar-refractivity contribution in [2.45, 2.75) is 13.0 Å². The molecule has 0 radical (unpaired) electrons. The van der Waals surface area contributed by atoms with E-state index in [4.69, 9.17) is 5.73 Å². The normalized spacial score (nSPS) is 12.8. The number of aliphatic hydroxyl groups is 1. The molecule has 0 aliphatic heterocycles. The van der Waals surface area contributed by atoms with Crippen molar-refractivity contribution in [2.75, 3.05) is 5.73 Å². The SMILES string of the molecule is CC(O)c1nc2cc(N)ccc2n1-c1ccc(F)cc1I. The molecule has 0 spiro atoms. The molecule has 0 amide bonds. The minimum absolute atomic E-state index is 0.296. The molecule has 4 nitrogen and oxygen atoms in total. The molecular weight excluding hydrogens is 384 g/mol. The fourth-order valence-electron chi connectivity index (χ4n) is 2.31. The highest BCUT2D eigenvalue weighted by molar-refractivity contribution is 14.1. The van der Waals surface area contributed by atoms with E-state index in [2.05, 4.69) is 27.6 Å². The molecule has 6 heteroatoms. The van der Waals surface area contributed by atoms with Crippen molar-refractivity contribution < 1.29 is 9.50 Å². The lowest BCUT2D eigenvalue weighted by molar-refractivity contribution is 0.187. The summed E-state index contributed by atoms with van der Waals surface area (Å²) in [4.78, 5) is 4.45. The standard InChI is InChI=1S/C15H13FIN3O/c1-8(21)15-19-12-7-10(18)3-5-14(12)20(15)13-4-2-9(16)6-11(13)17/h2-8,21H,18H2,1H3. The van der Waals surface area contributed by atoms with Crippen LogP contribution in [0.1, 0.15) is 18.9 Å². The summed E-state index contributed by atoms with van der Waals surface area (Å²) < 4.78 is 15.9. The summed E-state index contributed by atoms with van der Waals surface area (Å²) in [6, 6.07) is 9.91. The Kier molecular flexibility index (Phi) is 3.58. The molecule has 3 aromatic rings. The Morgan fingerprint density at radius 2 is 2.05 bits per heavy atom. The molecule has 108 valence electrons. The monoisotopic (exact) mass is 397 g/mol. The molecule has 0 aliphatic carbocycles. The van der Waals surface area contributed by atoms with E-state index in [-0.39, 0.29) is 5.82 Å². The third-order valence-corrected chi connectivity index (χ3v) is 4.09. The highest BCUT2D eigenvalue weighted by atomic mass is 127. The van der Waals surface area contributed by atoms with E-state index in [1.807, 2.05) is 10.6 Å². The Morgan fingerprint density at radius 1 is 1.29 bits per heavy atom. The van der Waals surface area contributed by atoms with Crippen LogP contribution in [0.3, 0.4) is 0 Å². The number of aliphatic hydroxyl groups excluding tert-OH is 1. The highest BCUT2D eigenvalue weighted by Crippen LogP contribution is 2.29. The number of hydrogen-bond donors (Lipinski definition) is 2. The average Bonchev–Trinajstić information content (AvgIpc) is 2.77. The quantitative estimate of drug-likeness (QED) is 0.515. The van der Waals surface area contributed by atoms with Crippen LogP contribution in [0.25, 0.3) is 16.7 Å². The summed E-state index contributed by atoms with van der Waals surface area (Å²) in [6.07, 6.45) is -0.750. The molecule has 0 bridgehead atoms. The number of anilines is 1. The first-order chi connectivity index (χ1) is 9.97. The van der Waals surface area contributed by atoms with Gasteiger partial charge in [0.15, 0.2) is 0 Å². The molecule has 0 fully saturated rings. The van der Waals surface area contributed by atoms with Crippen molar-refractivity contribution in [2.24, 2.45) is 0 Å². The van der Waals surface area contributed by atoms with Gasteiger partial charge in [-0.2, -0.15) is 0 Å². The number of benzene rings is 2. The van der Waals surface area contributed by atoms with Crippen LogP contribution in [0.2, 0.25) is 0 Å². The third-order valence-electron chi connectivity index (χ3n) is 3.23. The summed E-state index contributed by atoms with van der Waals surface area (Å²) in [5.74, 6) is 0.204. The first-order valence-electron chi connectivity index (χ1n) is 6.38. The Labute approximate surface area is 134 Å². The summed E-state index contributed by atoms with van der Waals surface area (Å²) >= 11 is 2.07. The summed E-state index contributed by atoms with van der Waals surface area (Å²) in [6.45, 7) is 1.65. The Morgan fingerprint density at radius 3 is 2.71 bits per heavy atom. The van der Waals surface area contributed by atoms with Gasteiger partial charge in [-0.1, -0.05) is 0 Å². The number of fused-ring (bicyclic) bond motifs is 1. The van der Waals surface area contributed by atoms with E-state index in [9.17, 15) is 9.50 Å². The largest absolute Gasteiger partial charge is 0.399 e. The van der Waals surface area contributed by atoms with Gasteiger partial charge in [-0.3, -0.25) is 4.57 Å². The van der Waals surface area contributed by atoms with E-state index >= 15 is 0 Å². The summed E-state index contributed by atoms with van der Waals surface area (Å²) in [7, 11) is 0. The molecular formula is C15H13FIN3O. The first-order valence-corrected chi connectivity index (χ1v) is 7.46. The third kappa shape index (κ3) is 2.49. The molecule has 21 heavy (non-hydrogen) atoms. The zero-order chi connectivity index (χ0) is 15.1. The second-order valence-electron chi connectivity index (χ2n) is 4.83. The Bertz CT molecular complexity index is 829. The predicted molar refractivity (Wildman–Crippen MR) is 88.8 cm³/mol. The van der Waals surface area contributed by atoms with Crippen LogP contribution in [-0.4, -0.2) is 14.7 Å². The number of rotatable bonds is 2. The number of imidazole rings is 1. The van der Waals surface area contributed by atoms with Crippen LogP contribution in [0.4, 0.5) is 10.1 Å². The molecule has 0 saturated carbocycles. The fourth-order valence-corrected chi connectivity index (χ4v) is 3.03. The van der Waals surface area contributed by atoms with Crippen LogP contribution in [0.5, 0.6) is 0 Å². The maximum absolute atomic E-state index is 13.3. The molecule has 0 saturated heterocycles. The second-order valence-corrected chi connectivity index (χ2v) is 5.99. The van der Waals surface area contributed by atoms with Gasteiger partial charge < -0.3 is 10.8 Å². The predicted octanol–water partition coefficient (Wildman–Crippen LogP) is 3.40. The van der Waals surface area contributed by atoms with Crippen molar-refractivity contribution in [3.63, 3.8) is 0 Å². The number of nitrogens with two attached hydrogens (primary N) is 1. The topological polar surface area (TPSA) is 64.1 Å². The van der Waals surface area contributed by atoms with E-state index in [0.717, 1.165) is 14.8 Å². The molecule has 1 atom stereocenters. The first kappa shape index (κ1) is 14.3. The van der Waals surface area contributed by atoms with Gasteiger partial charge >= 0.3 is 0 Å². The highest BCUT2D eigenvalue weighted by Gasteiger charge is 2.18. The van der Waals surface area contributed by atoms with Crippen LogP contribution in [0.15, 0.2) is 36.4 Å². The van der Waals surface area contributed by atoms with Crippen molar-refractivity contribution in [1.29, 1.82) is 0 Å². The molecule has 0 aliphatic rings. The lowest BCUT2D eigenvalue weighted by Gasteiger charge is -2.13. The van der Waals surface area contributed by atoms with Gasteiger partial charge in [0, 0.05) is 9.26 Å². The maximum atomic E-state index is 13.3. The Hall–Kier alpha value is -1.67. The van der Waals surface area contributed by atoms with E-state index in [1.54, 1.807) is 25.1 Å². The van der Waals surface area contributed by atoms with Gasteiger partial charge in [-0.05, 0) is 65.9 Å². The van der Waals surface area contributed by atoms with Gasteiger partial charge in [0.1, 0.15) is 17.7 Å². The van der Waals surface area contributed by atoms with Crippen molar-refractivity contribution in [1.82, 2.24) is 9.55 Å². The van der Waals surface area contributed by atoms with Crippen molar-refractivity contribution >= 4 is 39.3 Å². The molecule has 1 aromatic heterocycles. The van der Waals surface area contributed by atoms with Crippen LogP contribution in [-0.2, 0) is 0 Å². The number of nitrogen functional groups attached to an aromatic ring is 1. The van der Waals surface area contributed by atoms with Gasteiger partial charge in [-0.15, -0.1) is 0 Å². The molecule has 2 aromatic carbocycles. The smallest absolute Gasteiger partial charge is 0.143 e. The average molecular weight is 397 g/mol. The number of nitrogens with zero attached hydrogens (tertiary/aromatic N) is 2. The van der Waals surface area contributed by atoms with Crippen LogP contribution < -0.4 is 5.73 Å². The number of hydrogen-bond acceptors (Lipinski definition) is 3. The lowest BCUT2D eigenvalue weighted by atomic mass is 10.2. The molecule has 1 heterocycles. The van der Waals surface area contributed by atoms with E-state index in [1.165, 1.54) is 12.1 Å². The Balaban J connectivity index is 2.36. The van der Waals surface area contributed by atoms with Crippen LogP contribution in [0, 0.1) is 9.39 Å². The zero-order valence-electron chi connectivity index (χ0n) is 11.2. The van der Waals surface area contributed by atoms with Crippen molar-refractivity contribution in [3.8, 4) is 5.69 Å². The fraction of sp³-hybridized carbons (Fsp3) is 0.133. The minimum Gasteiger partial charge on any atom is -0.399 e. The van der Waals surface area contributed by atoms with E-state index in [0.29, 0.717) is 17.0 Å². The van der Waals surface area contributed by atoms with Gasteiger partial charge in [-0.25, -0.2) is 9.37 Å². The zero-order valence-corrected chi connectivity index (χ0v) is 13.4. The van der Waals surface area contributed by atoms with Crippen LogP contribution >= 0.6 is 22.6 Å². The number of aromatic nitrogens is 2. The van der Waals surface area contributed by atoms with Gasteiger partial charge in [0.25, 0.3) is 0 Å². The van der Waals surface area contributed by atoms with Crippen molar-refractivity contribution in [3.05, 3.63) is 51.6 Å². The number of halogens is 2. The minimum atomic E-state index is -0.750. The molecule has 3 rings (SSSR count).